The highest BCUT2D eigenvalue weighted by atomic mass is 127. The fourth-order valence-corrected chi connectivity index (χ4v) is 4.97. The molecule has 32 heavy (non-hydrogen) atoms. The summed E-state index contributed by atoms with van der Waals surface area (Å²) in [6.07, 6.45) is 1.86. The lowest BCUT2D eigenvalue weighted by Crippen LogP contribution is -2.52. The highest BCUT2D eigenvalue weighted by Gasteiger charge is 2.27. The molecule has 0 atom stereocenters. The molecule has 0 unspecified atom stereocenters. The van der Waals surface area contributed by atoms with E-state index in [1.54, 1.807) is 12.1 Å². The molecule has 2 fully saturated rings. The number of hydrogen-bond acceptors (Lipinski definition) is 4. The van der Waals surface area contributed by atoms with Gasteiger partial charge in [-0.15, -0.1) is 24.0 Å². The molecule has 2 aromatic carbocycles. The minimum absolute atomic E-state index is 0. The molecule has 0 aromatic heterocycles. The molecule has 1 aliphatic carbocycles. The molecular formula is C23H32IN5O2S. The normalized spacial score (nSPS) is 17.1. The van der Waals surface area contributed by atoms with Crippen molar-refractivity contribution in [1.29, 1.82) is 0 Å². The Morgan fingerprint density at radius 2 is 1.66 bits per heavy atom. The van der Waals surface area contributed by atoms with Gasteiger partial charge >= 0.3 is 0 Å². The molecule has 1 heterocycles. The zero-order chi connectivity index (χ0) is 21.7. The first-order chi connectivity index (χ1) is 15.0. The van der Waals surface area contributed by atoms with Gasteiger partial charge in [0.1, 0.15) is 0 Å². The third kappa shape index (κ3) is 6.58. The standard InChI is InChI=1S/C23H31N5O2S.HI/c1-2-24-23(28-16-14-27(15-17-28)21-6-4-3-5-7-21)25-18-19-8-12-22(13-9-19)31(29,30)26-20-10-11-20;/h3-9,12-13,20,26H,2,10-11,14-18H2,1H3,(H,24,25);1H. The molecule has 1 saturated carbocycles. The van der Waals surface area contributed by atoms with Gasteiger partial charge in [-0.3, -0.25) is 0 Å². The van der Waals surface area contributed by atoms with Crippen molar-refractivity contribution in [2.75, 3.05) is 37.6 Å². The lowest BCUT2D eigenvalue weighted by Gasteiger charge is -2.37. The van der Waals surface area contributed by atoms with Crippen molar-refractivity contribution in [1.82, 2.24) is 14.9 Å². The molecular weight excluding hydrogens is 537 g/mol. The van der Waals surface area contributed by atoms with Crippen LogP contribution in [0.3, 0.4) is 0 Å². The number of halogens is 1. The van der Waals surface area contributed by atoms with E-state index in [0.29, 0.717) is 11.4 Å². The summed E-state index contributed by atoms with van der Waals surface area (Å²) in [6, 6.07) is 17.6. The molecule has 0 bridgehead atoms. The number of guanidine groups is 1. The second kappa shape index (κ2) is 11.3. The fourth-order valence-electron chi connectivity index (χ4n) is 3.67. The van der Waals surface area contributed by atoms with E-state index < -0.39 is 10.0 Å². The topological polar surface area (TPSA) is 77.0 Å². The molecule has 9 heteroatoms. The predicted molar refractivity (Wildman–Crippen MR) is 140 cm³/mol. The fraction of sp³-hybridized carbons (Fsp3) is 0.435. The Labute approximate surface area is 208 Å². The highest BCUT2D eigenvalue weighted by molar-refractivity contribution is 14.0. The summed E-state index contributed by atoms with van der Waals surface area (Å²) >= 11 is 0. The number of aliphatic imine (C=N–C) groups is 1. The predicted octanol–water partition coefficient (Wildman–Crippen LogP) is 3.03. The Balaban J connectivity index is 0.00000289. The Bertz CT molecular complexity index is 987. The second-order valence-corrected chi connectivity index (χ2v) is 9.73. The molecule has 7 nitrogen and oxygen atoms in total. The van der Waals surface area contributed by atoms with Gasteiger partial charge in [0.25, 0.3) is 0 Å². The van der Waals surface area contributed by atoms with Crippen molar-refractivity contribution in [2.24, 2.45) is 4.99 Å². The van der Waals surface area contributed by atoms with Gasteiger partial charge in [0.15, 0.2) is 5.96 Å². The van der Waals surface area contributed by atoms with Crippen LogP contribution in [0.5, 0.6) is 0 Å². The number of sulfonamides is 1. The Morgan fingerprint density at radius 3 is 2.25 bits per heavy atom. The molecule has 0 amide bonds. The molecule has 0 radical (unpaired) electrons. The average Bonchev–Trinajstić information content (AvgIpc) is 3.61. The summed E-state index contributed by atoms with van der Waals surface area (Å²) in [4.78, 5) is 9.81. The van der Waals surface area contributed by atoms with E-state index in [0.717, 1.165) is 57.1 Å². The van der Waals surface area contributed by atoms with E-state index in [1.165, 1.54) is 5.69 Å². The first-order valence-electron chi connectivity index (χ1n) is 11.0. The minimum atomic E-state index is -3.41. The van der Waals surface area contributed by atoms with Crippen LogP contribution in [0, 0.1) is 0 Å². The Kier molecular flexibility index (Phi) is 8.78. The summed E-state index contributed by atoms with van der Waals surface area (Å²) in [6.45, 7) is 7.11. The smallest absolute Gasteiger partial charge is 0.240 e. The zero-order valence-electron chi connectivity index (χ0n) is 18.4. The number of hydrogen-bond donors (Lipinski definition) is 2. The lowest BCUT2D eigenvalue weighted by molar-refractivity contribution is 0.372. The SMILES string of the molecule is CCNC(=NCc1ccc(S(=O)(=O)NC2CC2)cc1)N1CCN(c2ccccc2)CC1.I. The molecule has 174 valence electrons. The summed E-state index contributed by atoms with van der Waals surface area (Å²) in [5.41, 5.74) is 2.25. The Hall–Kier alpha value is -1.85. The van der Waals surface area contributed by atoms with Gasteiger partial charge < -0.3 is 15.1 Å². The third-order valence-electron chi connectivity index (χ3n) is 5.58. The van der Waals surface area contributed by atoms with Crippen molar-refractivity contribution in [3.05, 3.63) is 60.2 Å². The van der Waals surface area contributed by atoms with Crippen LogP contribution in [0.15, 0.2) is 64.5 Å². The number of piperazine rings is 1. The quantitative estimate of drug-likeness (QED) is 0.305. The molecule has 4 rings (SSSR count). The first kappa shape index (κ1) is 24.8. The minimum Gasteiger partial charge on any atom is -0.368 e. The molecule has 2 N–H and O–H groups in total. The van der Waals surface area contributed by atoms with Crippen LogP contribution >= 0.6 is 24.0 Å². The average molecular weight is 570 g/mol. The molecule has 2 aromatic rings. The van der Waals surface area contributed by atoms with E-state index in [4.69, 9.17) is 4.99 Å². The van der Waals surface area contributed by atoms with E-state index >= 15 is 0 Å². The van der Waals surface area contributed by atoms with Gasteiger partial charge in [0, 0.05) is 44.5 Å². The number of para-hydroxylation sites is 1. The summed E-state index contributed by atoms with van der Waals surface area (Å²) in [5, 5.41) is 3.39. The van der Waals surface area contributed by atoms with E-state index in [1.807, 2.05) is 18.2 Å². The maximum atomic E-state index is 12.3. The maximum Gasteiger partial charge on any atom is 0.240 e. The van der Waals surface area contributed by atoms with Crippen LogP contribution in [0.1, 0.15) is 25.3 Å². The van der Waals surface area contributed by atoms with Gasteiger partial charge in [-0.05, 0) is 49.6 Å². The van der Waals surface area contributed by atoms with Gasteiger partial charge in [-0.1, -0.05) is 30.3 Å². The number of rotatable bonds is 7. The van der Waals surface area contributed by atoms with E-state index in [2.05, 4.69) is 51.0 Å². The lowest BCUT2D eigenvalue weighted by atomic mass is 10.2. The van der Waals surface area contributed by atoms with Crippen LogP contribution in [-0.2, 0) is 16.6 Å². The van der Waals surface area contributed by atoms with Crippen LogP contribution < -0.4 is 14.9 Å². The summed E-state index contributed by atoms with van der Waals surface area (Å²) < 4.78 is 27.4. The molecule has 0 spiro atoms. The number of nitrogens with zero attached hydrogens (tertiary/aromatic N) is 3. The third-order valence-corrected chi connectivity index (χ3v) is 7.12. The molecule has 2 aliphatic rings. The molecule has 1 saturated heterocycles. The van der Waals surface area contributed by atoms with Gasteiger partial charge in [0.2, 0.25) is 10.0 Å². The zero-order valence-corrected chi connectivity index (χ0v) is 21.6. The largest absolute Gasteiger partial charge is 0.368 e. The van der Waals surface area contributed by atoms with Gasteiger partial charge in [-0.2, -0.15) is 0 Å². The van der Waals surface area contributed by atoms with Crippen LogP contribution in [0.2, 0.25) is 0 Å². The summed E-state index contributed by atoms with van der Waals surface area (Å²) in [7, 11) is -3.41. The number of nitrogens with one attached hydrogen (secondary N) is 2. The van der Waals surface area contributed by atoms with Crippen molar-refractivity contribution < 1.29 is 8.42 Å². The maximum absolute atomic E-state index is 12.3. The van der Waals surface area contributed by atoms with Crippen LogP contribution in [-0.4, -0.2) is 58.0 Å². The van der Waals surface area contributed by atoms with E-state index in [9.17, 15) is 8.42 Å². The monoisotopic (exact) mass is 569 g/mol. The summed E-state index contributed by atoms with van der Waals surface area (Å²) in [5.74, 6) is 0.905. The van der Waals surface area contributed by atoms with Crippen molar-refractivity contribution >= 4 is 45.6 Å². The first-order valence-corrected chi connectivity index (χ1v) is 12.5. The Morgan fingerprint density at radius 1 is 1.00 bits per heavy atom. The number of anilines is 1. The van der Waals surface area contributed by atoms with Crippen molar-refractivity contribution in [2.45, 2.75) is 37.2 Å². The van der Waals surface area contributed by atoms with Gasteiger partial charge in [0.05, 0.1) is 11.4 Å². The van der Waals surface area contributed by atoms with Crippen LogP contribution in [0.25, 0.3) is 0 Å². The molecule has 1 aliphatic heterocycles. The van der Waals surface area contributed by atoms with Crippen molar-refractivity contribution in [3.63, 3.8) is 0 Å². The second-order valence-electron chi connectivity index (χ2n) is 8.02. The van der Waals surface area contributed by atoms with E-state index in [-0.39, 0.29) is 30.0 Å². The highest BCUT2D eigenvalue weighted by Crippen LogP contribution is 2.22. The number of benzene rings is 2. The van der Waals surface area contributed by atoms with Crippen LogP contribution in [0.4, 0.5) is 5.69 Å². The van der Waals surface area contributed by atoms with Gasteiger partial charge in [-0.25, -0.2) is 18.1 Å². The van der Waals surface area contributed by atoms with Crippen molar-refractivity contribution in [3.8, 4) is 0 Å².